The molecule has 2 rings (SSSR count). The number of hydrogen-bond donors (Lipinski definition) is 1. The molecular formula is C10H14N2O4S. The maximum absolute atomic E-state index is 11.6. The van der Waals surface area contributed by atoms with Crippen LogP contribution < -0.4 is 5.32 Å². The van der Waals surface area contributed by atoms with Crippen molar-refractivity contribution in [3.05, 3.63) is 17.5 Å². The smallest absolute Gasteiger partial charge is 0.289 e. The van der Waals surface area contributed by atoms with Crippen LogP contribution >= 0.6 is 0 Å². The fraction of sp³-hybridized carbons (Fsp3) is 0.600. The van der Waals surface area contributed by atoms with Crippen LogP contribution in [0.3, 0.4) is 0 Å². The molecule has 1 N–H and O–H groups in total. The van der Waals surface area contributed by atoms with Crippen molar-refractivity contribution in [2.75, 3.05) is 18.1 Å². The highest BCUT2D eigenvalue weighted by atomic mass is 32.2. The lowest BCUT2D eigenvalue weighted by Crippen LogP contribution is -2.29. The van der Waals surface area contributed by atoms with Gasteiger partial charge < -0.3 is 9.84 Å². The lowest BCUT2D eigenvalue weighted by atomic mass is 10.1. The molecule has 1 fully saturated rings. The summed E-state index contributed by atoms with van der Waals surface area (Å²) in [7, 11) is -2.89. The summed E-state index contributed by atoms with van der Waals surface area (Å²) >= 11 is 0. The van der Waals surface area contributed by atoms with E-state index in [0.29, 0.717) is 18.7 Å². The fourth-order valence-corrected chi connectivity index (χ4v) is 3.69. The summed E-state index contributed by atoms with van der Waals surface area (Å²) in [6.07, 6.45) is 0.609. The van der Waals surface area contributed by atoms with Crippen molar-refractivity contribution in [2.45, 2.75) is 13.3 Å². The maximum Gasteiger partial charge on any atom is 0.289 e. The predicted octanol–water partition coefficient (Wildman–Crippen LogP) is 0.148. The van der Waals surface area contributed by atoms with Gasteiger partial charge in [-0.25, -0.2) is 8.42 Å². The molecule has 0 aromatic carbocycles. The number of carbonyl (C=O) groups excluding carboxylic acids is 1. The highest BCUT2D eigenvalue weighted by molar-refractivity contribution is 7.91. The van der Waals surface area contributed by atoms with Gasteiger partial charge in [-0.2, -0.15) is 0 Å². The summed E-state index contributed by atoms with van der Waals surface area (Å²) in [4.78, 5) is 11.6. The zero-order valence-electron chi connectivity index (χ0n) is 9.47. The van der Waals surface area contributed by atoms with Crippen LogP contribution in [-0.2, 0) is 9.84 Å². The lowest BCUT2D eigenvalue weighted by Gasteiger charge is -2.07. The van der Waals surface area contributed by atoms with E-state index in [2.05, 4.69) is 10.5 Å². The van der Waals surface area contributed by atoms with E-state index in [1.165, 1.54) is 0 Å². The number of hydrogen-bond acceptors (Lipinski definition) is 5. The molecule has 0 bridgehead atoms. The highest BCUT2D eigenvalue weighted by Gasteiger charge is 2.28. The van der Waals surface area contributed by atoms with E-state index in [4.69, 9.17) is 4.52 Å². The Balaban J connectivity index is 1.85. The first kappa shape index (κ1) is 12.1. The normalized spacial score (nSPS) is 22.5. The number of aryl methyl sites for hydroxylation is 1. The number of nitrogens with one attached hydrogen (secondary N) is 1. The molecule has 0 spiro atoms. The van der Waals surface area contributed by atoms with E-state index in [9.17, 15) is 13.2 Å². The molecule has 1 amide bonds. The number of nitrogens with zero attached hydrogens (tertiary/aromatic N) is 1. The Morgan fingerprint density at radius 3 is 2.94 bits per heavy atom. The average molecular weight is 258 g/mol. The Bertz CT molecular complexity index is 520. The Morgan fingerprint density at radius 2 is 2.41 bits per heavy atom. The molecule has 1 aliphatic heterocycles. The minimum atomic E-state index is -2.89. The number of sulfone groups is 1. The lowest BCUT2D eigenvalue weighted by molar-refractivity contribution is 0.0911. The molecule has 0 unspecified atom stereocenters. The molecule has 1 aromatic rings. The van der Waals surface area contributed by atoms with Crippen LogP contribution in [0.2, 0.25) is 0 Å². The van der Waals surface area contributed by atoms with Crippen LogP contribution in [0.4, 0.5) is 0 Å². The van der Waals surface area contributed by atoms with Gasteiger partial charge in [-0.05, 0) is 19.3 Å². The predicted molar refractivity (Wildman–Crippen MR) is 60.3 cm³/mol. The molecule has 6 nitrogen and oxygen atoms in total. The molecule has 1 saturated heterocycles. The molecule has 7 heteroatoms. The van der Waals surface area contributed by atoms with Crippen LogP contribution in [0.15, 0.2) is 10.6 Å². The number of rotatable bonds is 3. The van der Waals surface area contributed by atoms with Gasteiger partial charge in [-0.3, -0.25) is 4.79 Å². The third-order valence-electron chi connectivity index (χ3n) is 2.73. The van der Waals surface area contributed by atoms with Gasteiger partial charge in [0.1, 0.15) is 0 Å². The van der Waals surface area contributed by atoms with Gasteiger partial charge in [0.15, 0.2) is 9.84 Å². The second kappa shape index (κ2) is 4.48. The van der Waals surface area contributed by atoms with E-state index in [0.717, 1.165) is 0 Å². The van der Waals surface area contributed by atoms with Crippen molar-refractivity contribution in [2.24, 2.45) is 5.92 Å². The van der Waals surface area contributed by atoms with E-state index in [1.54, 1.807) is 13.0 Å². The second-order valence-corrected chi connectivity index (χ2v) is 6.54. The first-order chi connectivity index (χ1) is 7.96. The maximum atomic E-state index is 11.6. The van der Waals surface area contributed by atoms with Crippen LogP contribution in [-0.4, -0.2) is 37.5 Å². The molecule has 0 aliphatic carbocycles. The standard InChI is InChI=1S/C10H14N2O4S/c1-7-4-9(16-12-7)10(13)11-5-8-2-3-17(14,15)6-8/h4,8H,2-3,5-6H2,1H3,(H,11,13)/t8-/m0/s1. The minimum absolute atomic E-state index is 0.00738. The van der Waals surface area contributed by atoms with Gasteiger partial charge in [-0.15, -0.1) is 0 Å². The monoisotopic (exact) mass is 258 g/mol. The van der Waals surface area contributed by atoms with Gasteiger partial charge in [0, 0.05) is 12.6 Å². The fourth-order valence-electron chi connectivity index (χ4n) is 1.83. The Kier molecular flexibility index (Phi) is 3.19. The summed E-state index contributed by atoms with van der Waals surface area (Å²) in [6, 6.07) is 1.54. The molecule has 1 aliphatic rings. The third kappa shape index (κ3) is 3.06. The van der Waals surface area contributed by atoms with Crippen molar-refractivity contribution < 1.29 is 17.7 Å². The summed E-state index contributed by atoms with van der Waals surface area (Å²) in [5, 5.41) is 6.26. The zero-order valence-corrected chi connectivity index (χ0v) is 10.3. The molecule has 2 heterocycles. The van der Waals surface area contributed by atoms with E-state index < -0.39 is 9.84 Å². The Hall–Kier alpha value is -1.37. The second-order valence-electron chi connectivity index (χ2n) is 4.31. The Labute approximate surface area is 99.3 Å². The highest BCUT2D eigenvalue weighted by Crippen LogP contribution is 2.17. The van der Waals surface area contributed by atoms with Gasteiger partial charge >= 0.3 is 0 Å². The van der Waals surface area contributed by atoms with Crippen LogP contribution in [0, 0.1) is 12.8 Å². The number of amides is 1. The first-order valence-electron chi connectivity index (χ1n) is 5.38. The SMILES string of the molecule is Cc1cc(C(=O)NC[C@@H]2CCS(=O)(=O)C2)on1. The molecule has 1 atom stereocenters. The number of aromatic nitrogens is 1. The van der Waals surface area contributed by atoms with E-state index in [1.807, 2.05) is 0 Å². The topological polar surface area (TPSA) is 89.3 Å². The molecule has 94 valence electrons. The van der Waals surface area contributed by atoms with Crippen LogP contribution in [0.1, 0.15) is 22.7 Å². The molecule has 0 saturated carbocycles. The van der Waals surface area contributed by atoms with Crippen molar-refractivity contribution in [3.8, 4) is 0 Å². The summed E-state index contributed by atoms with van der Waals surface area (Å²) in [5.74, 6) is 0.184. The van der Waals surface area contributed by atoms with Gasteiger partial charge in [0.05, 0.1) is 17.2 Å². The van der Waals surface area contributed by atoms with Gasteiger partial charge in [-0.1, -0.05) is 5.16 Å². The summed E-state index contributed by atoms with van der Waals surface area (Å²) in [5.41, 5.74) is 0.638. The van der Waals surface area contributed by atoms with Gasteiger partial charge in [0.2, 0.25) is 5.76 Å². The van der Waals surface area contributed by atoms with Crippen LogP contribution in [0.5, 0.6) is 0 Å². The minimum Gasteiger partial charge on any atom is -0.351 e. The van der Waals surface area contributed by atoms with Crippen molar-refractivity contribution in [1.29, 1.82) is 0 Å². The largest absolute Gasteiger partial charge is 0.351 e. The van der Waals surface area contributed by atoms with E-state index >= 15 is 0 Å². The Morgan fingerprint density at radius 1 is 1.65 bits per heavy atom. The first-order valence-corrected chi connectivity index (χ1v) is 7.20. The zero-order chi connectivity index (χ0) is 12.5. The quantitative estimate of drug-likeness (QED) is 0.833. The van der Waals surface area contributed by atoms with Crippen molar-refractivity contribution in [3.63, 3.8) is 0 Å². The average Bonchev–Trinajstić information content (AvgIpc) is 2.81. The van der Waals surface area contributed by atoms with Crippen molar-refractivity contribution in [1.82, 2.24) is 10.5 Å². The molecule has 0 radical (unpaired) electrons. The summed E-state index contributed by atoms with van der Waals surface area (Å²) in [6.45, 7) is 2.08. The molecular weight excluding hydrogens is 244 g/mol. The van der Waals surface area contributed by atoms with Crippen molar-refractivity contribution >= 4 is 15.7 Å². The third-order valence-corrected chi connectivity index (χ3v) is 4.57. The molecule has 17 heavy (non-hydrogen) atoms. The van der Waals surface area contributed by atoms with E-state index in [-0.39, 0.29) is 29.1 Å². The van der Waals surface area contributed by atoms with Crippen LogP contribution in [0.25, 0.3) is 0 Å². The summed E-state index contributed by atoms with van der Waals surface area (Å²) < 4.78 is 27.2. The number of carbonyl (C=O) groups is 1. The van der Waals surface area contributed by atoms with Gasteiger partial charge in [0.25, 0.3) is 5.91 Å². The molecule has 1 aromatic heterocycles.